The normalized spacial score (nSPS) is 15.5. The first-order valence-corrected chi connectivity index (χ1v) is 7.20. The van der Waals surface area contributed by atoms with Gasteiger partial charge in [-0.1, -0.05) is 13.0 Å². The molecule has 0 aromatic heterocycles. The van der Waals surface area contributed by atoms with E-state index in [4.69, 9.17) is 10.5 Å². The van der Waals surface area contributed by atoms with Crippen LogP contribution in [0.25, 0.3) is 0 Å². The van der Waals surface area contributed by atoms with E-state index < -0.39 is 0 Å². The van der Waals surface area contributed by atoms with Crippen LogP contribution in [0.1, 0.15) is 33.1 Å². The fraction of sp³-hybridized carbons (Fsp3) is 0.533. The van der Waals surface area contributed by atoms with Crippen LogP contribution in [0.5, 0.6) is 5.75 Å². The van der Waals surface area contributed by atoms with E-state index in [0.717, 1.165) is 24.9 Å². The summed E-state index contributed by atoms with van der Waals surface area (Å²) < 4.78 is 5.58. The number of ether oxygens (including phenoxy) is 1. The van der Waals surface area contributed by atoms with E-state index in [9.17, 15) is 4.79 Å². The third-order valence-electron chi connectivity index (χ3n) is 3.22. The van der Waals surface area contributed by atoms with Crippen molar-refractivity contribution in [3.63, 3.8) is 0 Å². The van der Waals surface area contributed by atoms with E-state index in [2.05, 4.69) is 10.6 Å². The second kappa shape index (κ2) is 6.50. The van der Waals surface area contributed by atoms with Crippen LogP contribution in [0.4, 0.5) is 11.4 Å². The van der Waals surface area contributed by atoms with E-state index >= 15 is 0 Å². The molecule has 0 spiro atoms. The molecule has 1 amide bonds. The maximum Gasteiger partial charge on any atom is 0.242 e. The number of nitrogens with one attached hydrogen (secondary N) is 2. The molecule has 1 unspecified atom stereocenters. The first-order valence-electron chi connectivity index (χ1n) is 7.20. The van der Waals surface area contributed by atoms with E-state index in [1.54, 1.807) is 0 Å². The maximum atomic E-state index is 11.9. The Kier molecular flexibility index (Phi) is 4.71. The van der Waals surface area contributed by atoms with Crippen molar-refractivity contribution in [1.29, 1.82) is 0 Å². The quantitative estimate of drug-likeness (QED) is 0.667. The Balaban J connectivity index is 1.98. The van der Waals surface area contributed by atoms with Gasteiger partial charge in [-0.3, -0.25) is 4.79 Å². The lowest BCUT2D eigenvalue weighted by atomic mass is 10.2. The fourth-order valence-corrected chi connectivity index (χ4v) is 1.86. The van der Waals surface area contributed by atoms with Gasteiger partial charge in [-0.25, -0.2) is 0 Å². The van der Waals surface area contributed by atoms with Crippen molar-refractivity contribution in [3.8, 4) is 5.75 Å². The number of para-hydroxylation sites is 1. The highest BCUT2D eigenvalue weighted by molar-refractivity contribution is 5.86. The van der Waals surface area contributed by atoms with Crippen molar-refractivity contribution < 1.29 is 9.53 Å². The lowest BCUT2D eigenvalue weighted by Gasteiger charge is -2.18. The summed E-state index contributed by atoms with van der Waals surface area (Å²) in [7, 11) is 0. The lowest BCUT2D eigenvalue weighted by Crippen LogP contribution is -2.38. The number of anilines is 2. The minimum atomic E-state index is -0.320. The van der Waals surface area contributed by atoms with Crippen LogP contribution in [-0.2, 0) is 4.79 Å². The van der Waals surface area contributed by atoms with Crippen molar-refractivity contribution >= 4 is 17.3 Å². The topological polar surface area (TPSA) is 76.4 Å². The summed E-state index contributed by atoms with van der Waals surface area (Å²) in [6.45, 7) is 4.50. The average molecular weight is 277 g/mol. The molecule has 1 aliphatic rings. The van der Waals surface area contributed by atoms with Crippen molar-refractivity contribution in [2.45, 2.75) is 45.2 Å². The number of hydrogen-bond donors (Lipinski definition) is 3. The van der Waals surface area contributed by atoms with Crippen LogP contribution in [0, 0.1) is 0 Å². The van der Waals surface area contributed by atoms with Crippen molar-refractivity contribution in [2.75, 3.05) is 17.7 Å². The fourth-order valence-electron chi connectivity index (χ4n) is 1.86. The number of rotatable bonds is 7. The minimum Gasteiger partial charge on any atom is -0.491 e. The molecular formula is C15H23N3O2. The lowest BCUT2D eigenvalue weighted by molar-refractivity contribution is -0.121. The standard InChI is InChI=1S/C15H23N3O2/c1-3-9-20-13-6-4-5-12(14(13)16)17-10(2)15(19)18-11-7-8-11/h4-6,10-11,17H,3,7-9,16H2,1-2H3,(H,18,19). The van der Waals surface area contributed by atoms with Gasteiger partial charge in [-0.15, -0.1) is 0 Å². The molecule has 5 heteroatoms. The summed E-state index contributed by atoms with van der Waals surface area (Å²) in [5.74, 6) is 0.665. The average Bonchev–Trinajstić information content (AvgIpc) is 3.23. The van der Waals surface area contributed by atoms with E-state index in [1.807, 2.05) is 32.0 Å². The SMILES string of the molecule is CCCOc1cccc(NC(C)C(=O)NC2CC2)c1N. The highest BCUT2D eigenvalue weighted by Crippen LogP contribution is 2.30. The van der Waals surface area contributed by atoms with Gasteiger partial charge in [0.05, 0.1) is 18.0 Å². The molecule has 1 saturated carbocycles. The Morgan fingerprint density at radius 3 is 2.90 bits per heavy atom. The zero-order valence-corrected chi connectivity index (χ0v) is 12.1. The Morgan fingerprint density at radius 1 is 1.50 bits per heavy atom. The number of carbonyl (C=O) groups is 1. The molecule has 0 bridgehead atoms. The van der Waals surface area contributed by atoms with Crippen LogP contribution in [0.2, 0.25) is 0 Å². The first-order chi connectivity index (χ1) is 9.61. The third-order valence-corrected chi connectivity index (χ3v) is 3.22. The molecular weight excluding hydrogens is 254 g/mol. The van der Waals surface area contributed by atoms with Crippen molar-refractivity contribution in [2.24, 2.45) is 0 Å². The summed E-state index contributed by atoms with van der Waals surface area (Å²) in [4.78, 5) is 11.9. The number of amides is 1. The highest BCUT2D eigenvalue weighted by atomic mass is 16.5. The van der Waals surface area contributed by atoms with Gasteiger partial charge in [0.25, 0.3) is 0 Å². The van der Waals surface area contributed by atoms with Gasteiger partial charge in [0, 0.05) is 6.04 Å². The van der Waals surface area contributed by atoms with Gasteiger partial charge >= 0.3 is 0 Å². The van der Waals surface area contributed by atoms with Gasteiger partial charge in [0.1, 0.15) is 11.8 Å². The van der Waals surface area contributed by atoms with Crippen molar-refractivity contribution in [3.05, 3.63) is 18.2 Å². The molecule has 0 saturated heterocycles. The zero-order valence-electron chi connectivity index (χ0n) is 12.1. The van der Waals surface area contributed by atoms with Crippen LogP contribution in [0.3, 0.4) is 0 Å². The van der Waals surface area contributed by atoms with Crippen LogP contribution in [-0.4, -0.2) is 24.6 Å². The Morgan fingerprint density at radius 2 is 2.25 bits per heavy atom. The predicted octanol–water partition coefficient (Wildman–Crippen LogP) is 2.14. The molecule has 1 fully saturated rings. The molecule has 1 aliphatic carbocycles. The molecule has 2 rings (SSSR count). The molecule has 5 nitrogen and oxygen atoms in total. The van der Waals surface area contributed by atoms with Gasteiger partial charge < -0.3 is 21.1 Å². The summed E-state index contributed by atoms with van der Waals surface area (Å²) in [5.41, 5.74) is 7.35. The largest absolute Gasteiger partial charge is 0.491 e. The molecule has 4 N–H and O–H groups in total. The predicted molar refractivity (Wildman–Crippen MR) is 80.9 cm³/mol. The van der Waals surface area contributed by atoms with E-state index in [-0.39, 0.29) is 11.9 Å². The minimum absolute atomic E-state index is 0.00628. The molecule has 0 heterocycles. The number of nitrogens with two attached hydrogens (primary N) is 1. The summed E-state index contributed by atoms with van der Waals surface area (Å²) >= 11 is 0. The Bertz CT molecular complexity index is 472. The van der Waals surface area contributed by atoms with Crippen LogP contribution >= 0.6 is 0 Å². The number of hydrogen-bond acceptors (Lipinski definition) is 4. The van der Waals surface area contributed by atoms with Gasteiger partial charge in [-0.05, 0) is 38.3 Å². The van der Waals surface area contributed by atoms with Gasteiger partial charge in [0.2, 0.25) is 5.91 Å². The summed E-state index contributed by atoms with van der Waals surface area (Å²) in [5, 5.41) is 6.11. The molecule has 1 aromatic rings. The zero-order chi connectivity index (χ0) is 14.5. The molecule has 0 radical (unpaired) electrons. The van der Waals surface area contributed by atoms with E-state index in [1.165, 1.54) is 0 Å². The maximum absolute atomic E-state index is 11.9. The highest BCUT2D eigenvalue weighted by Gasteiger charge is 2.25. The number of benzene rings is 1. The monoisotopic (exact) mass is 277 g/mol. The van der Waals surface area contributed by atoms with Gasteiger partial charge in [0.15, 0.2) is 0 Å². The first kappa shape index (κ1) is 14.5. The summed E-state index contributed by atoms with van der Waals surface area (Å²) in [6.07, 6.45) is 3.10. The molecule has 1 aromatic carbocycles. The second-order valence-corrected chi connectivity index (χ2v) is 5.21. The number of carbonyl (C=O) groups excluding carboxylic acids is 1. The van der Waals surface area contributed by atoms with Gasteiger partial charge in [-0.2, -0.15) is 0 Å². The molecule has 0 aliphatic heterocycles. The third kappa shape index (κ3) is 3.79. The number of nitrogen functional groups attached to an aromatic ring is 1. The van der Waals surface area contributed by atoms with Crippen molar-refractivity contribution in [1.82, 2.24) is 5.32 Å². The molecule has 110 valence electrons. The molecule has 20 heavy (non-hydrogen) atoms. The smallest absolute Gasteiger partial charge is 0.242 e. The second-order valence-electron chi connectivity index (χ2n) is 5.21. The van der Waals surface area contributed by atoms with E-state index in [0.29, 0.717) is 24.1 Å². The van der Waals surface area contributed by atoms with Crippen LogP contribution in [0.15, 0.2) is 18.2 Å². The summed E-state index contributed by atoms with van der Waals surface area (Å²) in [6, 6.07) is 5.61. The Labute approximate surface area is 119 Å². The molecule has 1 atom stereocenters. The van der Waals surface area contributed by atoms with Crippen LogP contribution < -0.4 is 21.1 Å². The Hall–Kier alpha value is -1.91.